The second kappa shape index (κ2) is 6.57. The molecule has 0 bridgehead atoms. The van der Waals surface area contributed by atoms with E-state index in [4.69, 9.17) is 34.8 Å². The maximum atomic E-state index is 12.7. The Balaban J connectivity index is 3.27. The molecule has 0 aromatic heterocycles. The van der Waals surface area contributed by atoms with Crippen molar-refractivity contribution in [3.63, 3.8) is 0 Å². The van der Waals surface area contributed by atoms with Crippen molar-refractivity contribution < 1.29 is 31.1 Å². The molecule has 0 saturated carbocycles. The van der Waals surface area contributed by atoms with Gasteiger partial charge in [-0.2, -0.15) is 26.3 Å². The van der Waals surface area contributed by atoms with Gasteiger partial charge in [0.1, 0.15) is 0 Å². The van der Waals surface area contributed by atoms with Crippen LogP contribution in [-0.4, -0.2) is 9.70 Å². The lowest BCUT2D eigenvalue weighted by molar-refractivity contribution is -0.143. The molecule has 0 unspecified atom stereocenters. The fourth-order valence-electron chi connectivity index (χ4n) is 1.59. The van der Waals surface area contributed by atoms with Crippen LogP contribution < -0.4 is 5.32 Å². The van der Waals surface area contributed by atoms with Gasteiger partial charge in [-0.3, -0.25) is 4.79 Å². The number of amides is 1. The maximum absolute atomic E-state index is 12.7. The van der Waals surface area contributed by atoms with Crippen LogP contribution >= 0.6 is 34.8 Å². The molecule has 0 fully saturated rings. The second-order valence-corrected chi connectivity index (χ2v) is 6.81. The van der Waals surface area contributed by atoms with Gasteiger partial charge >= 0.3 is 12.4 Å². The number of nitrogens with one attached hydrogen (secondary N) is 1. The predicted octanol–water partition coefficient (Wildman–Crippen LogP) is 5.27. The van der Waals surface area contributed by atoms with E-state index in [-0.39, 0.29) is 6.07 Å². The summed E-state index contributed by atoms with van der Waals surface area (Å²) in [6, 6.07) is -0.300. The summed E-state index contributed by atoms with van der Waals surface area (Å²) in [7, 11) is 0. The Morgan fingerprint density at radius 1 is 0.957 bits per heavy atom. The molecule has 23 heavy (non-hydrogen) atoms. The van der Waals surface area contributed by atoms with Crippen LogP contribution in [0.4, 0.5) is 26.3 Å². The normalized spacial score (nSPS) is 14.5. The molecule has 0 radical (unpaired) electrons. The molecule has 0 saturated heterocycles. The highest BCUT2D eigenvalue weighted by Crippen LogP contribution is 2.37. The SMILES string of the molecule is C[C@H](NC(=O)C(Cl)(Cl)Cl)c1cc(C(F)(F)F)cc(C(F)(F)F)c1. The van der Waals surface area contributed by atoms with Crippen molar-refractivity contribution >= 4 is 40.7 Å². The molecule has 1 aromatic rings. The fourth-order valence-corrected chi connectivity index (χ4v) is 1.75. The van der Waals surface area contributed by atoms with Gasteiger partial charge in [-0.25, -0.2) is 0 Å². The van der Waals surface area contributed by atoms with E-state index < -0.39 is 44.8 Å². The topological polar surface area (TPSA) is 29.1 Å². The van der Waals surface area contributed by atoms with E-state index in [1.807, 2.05) is 5.32 Å². The lowest BCUT2D eigenvalue weighted by Gasteiger charge is -2.20. The molecular formula is C12H8Cl3F6NO. The first-order valence-electron chi connectivity index (χ1n) is 5.79. The van der Waals surface area contributed by atoms with E-state index in [0.717, 1.165) is 6.92 Å². The third-order valence-corrected chi connectivity index (χ3v) is 3.23. The van der Waals surface area contributed by atoms with Gasteiger partial charge in [0.05, 0.1) is 17.2 Å². The van der Waals surface area contributed by atoms with Gasteiger partial charge in [-0.15, -0.1) is 0 Å². The lowest BCUT2D eigenvalue weighted by atomic mass is 10.0. The monoisotopic (exact) mass is 401 g/mol. The highest BCUT2D eigenvalue weighted by atomic mass is 35.6. The Hall–Kier alpha value is -0.860. The van der Waals surface area contributed by atoms with E-state index in [1.54, 1.807) is 0 Å². The van der Waals surface area contributed by atoms with Crippen molar-refractivity contribution in [3.05, 3.63) is 34.9 Å². The summed E-state index contributed by atoms with van der Waals surface area (Å²) in [6.45, 7) is 1.16. The van der Waals surface area contributed by atoms with E-state index in [0.29, 0.717) is 12.1 Å². The average molecular weight is 403 g/mol. The number of carbonyl (C=O) groups excluding carboxylic acids is 1. The molecular weight excluding hydrogens is 394 g/mol. The molecule has 1 rings (SSSR count). The molecule has 130 valence electrons. The van der Waals surface area contributed by atoms with Gasteiger partial charge in [0.2, 0.25) is 0 Å². The summed E-state index contributed by atoms with van der Waals surface area (Å²) in [6.07, 6.45) is -9.98. The molecule has 11 heteroatoms. The first-order valence-corrected chi connectivity index (χ1v) is 6.93. The van der Waals surface area contributed by atoms with Gasteiger partial charge in [-0.05, 0) is 30.7 Å². The Kier molecular flexibility index (Phi) is 5.76. The fraction of sp³-hybridized carbons (Fsp3) is 0.417. The minimum atomic E-state index is -4.99. The van der Waals surface area contributed by atoms with E-state index in [2.05, 4.69) is 0 Å². The van der Waals surface area contributed by atoms with Crippen molar-refractivity contribution in [2.75, 3.05) is 0 Å². The maximum Gasteiger partial charge on any atom is 0.416 e. The largest absolute Gasteiger partial charge is 0.416 e. The summed E-state index contributed by atoms with van der Waals surface area (Å²) in [5.41, 5.74) is -3.44. The summed E-state index contributed by atoms with van der Waals surface area (Å²) in [4.78, 5) is 11.5. The Morgan fingerprint density at radius 2 is 1.35 bits per heavy atom. The first-order chi connectivity index (χ1) is 10.1. The zero-order valence-electron chi connectivity index (χ0n) is 11.1. The number of halogens is 9. The molecule has 0 aliphatic heterocycles. The Bertz CT molecular complexity index is 562. The summed E-state index contributed by atoms with van der Waals surface area (Å²) >= 11 is 15.8. The van der Waals surface area contributed by atoms with E-state index >= 15 is 0 Å². The molecule has 0 heterocycles. The summed E-state index contributed by atoms with van der Waals surface area (Å²) < 4.78 is 74.0. The zero-order valence-corrected chi connectivity index (χ0v) is 13.4. The zero-order chi connectivity index (χ0) is 18.2. The molecule has 1 atom stereocenters. The van der Waals surface area contributed by atoms with Crippen LogP contribution in [0, 0.1) is 0 Å². The molecule has 0 aliphatic rings. The van der Waals surface area contributed by atoms with Gasteiger partial charge in [0.15, 0.2) is 0 Å². The van der Waals surface area contributed by atoms with Crippen molar-refractivity contribution in [3.8, 4) is 0 Å². The minimum Gasteiger partial charge on any atom is -0.346 e. The summed E-state index contributed by atoms with van der Waals surface area (Å²) in [5.74, 6) is -1.18. The standard InChI is InChI=1S/C12H8Cl3F6NO/c1-5(22-9(23)10(13,14)15)6-2-7(11(16,17)18)4-8(3-6)12(19,20)21/h2-5H,1H3,(H,22,23)/t5-/m0/s1. The number of carbonyl (C=O) groups is 1. The molecule has 2 nitrogen and oxygen atoms in total. The highest BCUT2D eigenvalue weighted by Gasteiger charge is 2.38. The van der Waals surface area contributed by atoms with Gasteiger partial charge in [-0.1, -0.05) is 34.8 Å². The van der Waals surface area contributed by atoms with Crippen LogP contribution in [0.2, 0.25) is 0 Å². The van der Waals surface area contributed by atoms with Crippen LogP contribution in [0.3, 0.4) is 0 Å². The number of benzene rings is 1. The predicted molar refractivity (Wildman–Crippen MR) is 73.3 cm³/mol. The van der Waals surface area contributed by atoms with Crippen LogP contribution in [0.25, 0.3) is 0 Å². The second-order valence-electron chi connectivity index (χ2n) is 4.53. The van der Waals surface area contributed by atoms with E-state index in [9.17, 15) is 31.1 Å². The Labute approximate surface area is 141 Å². The van der Waals surface area contributed by atoms with Crippen molar-refractivity contribution in [1.29, 1.82) is 0 Å². The van der Waals surface area contributed by atoms with Crippen LogP contribution in [0.15, 0.2) is 18.2 Å². The molecule has 1 aromatic carbocycles. The van der Waals surface area contributed by atoms with Crippen molar-refractivity contribution in [2.45, 2.75) is 29.1 Å². The van der Waals surface area contributed by atoms with Crippen LogP contribution in [0.5, 0.6) is 0 Å². The van der Waals surface area contributed by atoms with E-state index in [1.165, 1.54) is 0 Å². The molecule has 0 spiro atoms. The lowest BCUT2D eigenvalue weighted by Crippen LogP contribution is -2.36. The Morgan fingerprint density at radius 3 is 1.65 bits per heavy atom. The smallest absolute Gasteiger partial charge is 0.346 e. The van der Waals surface area contributed by atoms with Crippen LogP contribution in [-0.2, 0) is 17.1 Å². The highest BCUT2D eigenvalue weighted by molar-refractivity contribution is 6.76. The molecule has 1 amide bonds. The average Bonchev–Trinajstić information content (AvgIpc) is 2.34. The number of hydrogen-bond acceptors (Lipinski definition) is 1. The number of rotatable bonds is 2. The van der Waals surface area contributed by atoms with Gasteiger partial charge in [0, 0.05) is 0 Å². The number of alkyl halides is 9. The van der Waals surface area contributed by atoms with Gasteiger partial charge in [0.25, 0.3) is 9.70 Å². The summed E-state index contributed by atoms with van der Waals surface area (Å²) in [5, 5.41) is 2.02. The van der Waals surface area contributed by atoms with Gasteiger partial charge < -0.3 is 5.32 Å². The quantitative estimate of drug-likeness (QED) is 0.530. The first kappa shape index (κ1) is 20.2. The van der Waals surface area contributed by atoms with Crippen molar-refractivity contribution in [1.82, 2.24) is 5.32 Å². The minimum absolute atomic E-state index is 0.0208. The third-order valence-electron chi connectivity index (χ3n) is 2.72. The van der Waals surface area contributed by atoms with Crippen molar-refractivity contribution in [2.24, 2.45) is 0 Å². The third kappa shape index (κ3) is 5.61. The number of hydrogen-bond donors (Lipinski definition) is 1. The molecule has 1 N–H and O–H groups in total. The molecule has 0 aliphatic carbocycles. The van der Waals surface area contributed by atoms with Crippen LogP contribution in [0.1, 0.15) is 29.7 Å².